The number of H-pyrrole nitrogens is 1. The van der Waals surface area contributed by atoms with Crippen molar-refractivity contribution in [3.8, 4) is 0 Å². The molecule has 2 rings (SSSR count). The maximum Gasteiger partial charge on any atom is 0.354 e. The minimum Gasteiger partial charge on any atom is -0.477 e. The third-order valence-electron chi connectivity index (χ3n) is 2.59. The Morgan fingerprint density at radius 2 is 1.95 bits per heavy atom. The molecule has 6 nitrogen and oxygen atoms in total. The van der Waals surface area contributed by atoms with Crippen LogP contribution in [0.2, 0.25) is 10.0 Å². The topological polar surface area (TPSA) is 99.3 Å². The van der Waals surface area contributed by atoms with Gasteiger partial charge in [-0.2, -0.15) is 0 Å². The van der Waals surface area contributed by atoms with E-state index in [1.54, 1.807) is 6.92 Å². The molecule has 0 amide bonds. The van der Waals surface area contributed by atoms with Gasteiger partial charge in [0.05, 0.1) is 10.7 Å². The van der Waals surface area contributed by atoms with E-state index in [1.165, 1.54) is 24.3 Å². The number of aromatic carboxylic acids is 1. The van der Waals surface area contributed by atoms with E-state index in [0.29, 0.717) is 5.69 Å². The average Bonchev–Trinajstić information content (AvgIpc) is 2.72. The fraction of sp³-hybridized carbons (Fsp3) is 0.0833. The predicted molar refractivity (Wildman–Crippen MR) is 79.8 cm³/mol. The molecule has 9 heteroatoms. The zero-order chi connectivity index (χ0) is 15.8. The summed E-state index contributed by atoms with van der Waals surface area (Å²) in [6.45, 7) is 1.61. The fourth-order valence-electron chi connectivity index (χ4n) is 1.72. The lowest BCUT2D eigenvalue weighted by Gasteiger charge is -2.09. The first-order chi connectivity index (χ1) is 9.70. The molecular weight excluding hydrogens is 339 g/mol. The van der Waals surface area contributed by atoms with Crippen molar-refractivity contribution in [2.24, 2.45) is 0 Å². The van der Waals surface area contributed by atoms with Crippen LogP contribution < -0.4 is 4.72 Å². The van der Waals surface area contributed by atoms with Gasteiger partial charge in [0.25, 0.3) is 10.0 Å². The SMILES string of the molecule is Cc1cc(NS(=O)(=O)c2cc(Cl)ccc2Cl)c(C(=O)O)[nH]1. The summed E-state index contributed by atoms with van der Waals surface area (Å²) in [7, 11) is -4.06. The molecule has 0 saturated heterocycles. The second kappa shape index (κ2) is 5.59. The Labute approximate surface area is 130 Å². The molecule has 0 fully saturated rings. The second-order valence-electron chi connectivity index (χ2n) is 4.23. The van der Waals surface area contributed by atoms with E-state index >= 15 is 0 Å². The highest BCUT2D eigenvalue weighted by molar-refractivity contribution is 7.92. The van der Waals surface area contributed by atoms with E-state index in [2.05, 4.69) is 9.71 Å². The minimum atomic E-state index is -4.06. The molecule has 21 heavy (non-hydrogen) atoms. The van der Waals surface area contributed by atoms with Crippen LogP contribution in [0.25, 0.3) is 0 Å². The number of aromatic amines is 1. The molecule has 0 unspecified atom stereocenters. The zero-order valence-corrected chi connectivity index (χ0v) is 13.0. The smallest absolute Gasteiger partial charge is 0.354 e. The summed E-state index contributed by atoms with van der Waals surface area (Å²) >= 11 is 11.6. The van der Waals surface area contributed by atoms with Crippen LogP contribution in [-0.4, -0.2) is 24.5 Å². The van der Waals surface area contributed by atoms with Crippen LogP contribution in [-0.2, 0) is 10.0 Å². The highest BCUT2D eigenvalue weighted by Crippen LogP contribution is 2.28. The first-order valence-corrected chi connectivity index (χ1v) is 7.85. The van der Waals surface area contributed by atoms with Crippen LogP contribution in [0.5, 0.6) is 0 Å². The Morgan fingerprint density at radius 3 is 2.57 bits per heavy atom. The fourth-order valence-corrected chi connectivity index (χ4v) is 3.55. The van der Waals surface area contributed by atoms with Crippen molar-refractivity contribution in [3.63, 3.8) is 0 Å². The first kappa shape index (κ1) is 15.7. The van der Waals surface area contributed by atoms with E-state index < -0.39 is 16.0 Å². The molecule has 0 bridgehead atoms. The Balaban J connectivity index is 2.47. The van der Waals surface area contributed by atoms with Crippen LogP contribution in [0.3, 0.4) is 0 Å². The van der Waals surface area contributed by atoms with Crippen LogP contribution in [0, 0.1) is 6.92 Å². The molecule has 0 saturated carbocycles. The van der Waals surface area contributed by atoms with Gasteiger partial charge in [0.2, 0.25) is 0 Å². The Morgan fingerprint density at radius 1 is 1.29 bits per heavy atom. The van der Waals surface area contributed by atoms with Crippen molar-refractivity contribution in [1.82, 2.24) is 4.98 Å². The van der Waals surface area contributed by atoms with Crippen LogP contribution >= 0.6 is 23.2 Å². The van der Waals surface area contributed by atoms with Crippen LogP contribution in [0.1, 0.15) is 16.2 Å². The van der Waals surface area contributed by atoms with E-state index in [9.17, 15) is 13.2 Å². The van der Waals surface area contributed by atoms with Crippen molar-refractivity contribution < 1.29 is 18.3 Å². The molecule has 0 atom stereocenters. The number of anilines is 1. The number of sulfonamides is 1. The quantitative estimate of drug-likeness (QED) is 0.790. The molecule has 1 aromatic carbocycles. The van der Waals surface area contributed by atoms with E-state index in [-0.39, 0.29) is 26.3 Å². The summed E-state index contributed by atoms with van der Waals surface area (Å²) in [5.41, 5.74) is 0.174. The number of carboxylic acid groups (broad SMARTS) is 1. The number of rotatable bonds is 4. The van der Waals surface area contributed by atoms with Gasteiger partial charge in [0.15, 0.2) is 0 Å². The number of hydrogen-bond donors (Lipinski definition) is 3. The van der Waals surface area contributed by atoms with E-state index in [0.717, 1.165) is 0 Å². The van der Waals surface area contributed by atoms with Crippen LogP contribution in [0.4, 0.5) is 5.69 Å². The molecule has 0 spiro atoms. The standard InChI is InChI=1S/C12H10Cl2N2O4S/c1-6-4-9(11(15-6)12(17)18)16-21(19,20)10-5-7(13)2-3-8(10)14/h2-5,15-16H,1H3,(H,17,18). The Kier molecular flexibility index (Phi) is 4.18. The number of carbonyl (C=O) groups is 1. The highest BCUT2D eigenvalue weighted by atomic mass is 35.5. The van der Waals surface area contributed by atoms with Gasteiger partial charge in [-0.1, -0.05) is 23.2 Å². The molecular formula is C12H10Cl2N2O4S. The maximum absolute atomic E-state index is 12.3. The molecule has 3 N–H and O–H groups in total. The summed E-state index contributed by atoms with van der Waals surface area (Å²) in [5.74, 6) is -1.28. The van der Waals surface area contributed by atoms with Gasteiger partial charge in [-0.15, -0.1) is 0 Å². The first-order valence-electron chi connectivity index (χ1n) is 5.61. The second-order valence-corrected chi connectivity index (χ2v) is 6.72. The minimum absolute atomic E-state index is 0.0176. The molecule has 2 aromatic rings. The number of halogens is 2. The summed E-state index contributed by atoms with van der Waals surface area (Å²) in [5, 5.41) is 9.21. The Bertz CT molecular complexity index is 815. The number of carboxylic acids is 1. The van der Waals surface area contributed by atoms with Crippen molar-refractivity contribution >= 4 is 44.9 Å². The molecule has 0 radical (unpaired) electrons. The molecule has 112 valence electrons. The largest absolute Gasteiger partial charge is 0.477 e. The van der Waals surface area contributed by atoms with Crippen LogP contribution in [0.15, 0.2) is 29.2 Å². The molecule has 0 aliphatic rings. The normalized spacial score (nSPS) is 11.4. The van der Waals surface area contributed by atoms with Gasteiger partial charge >= 0.3 is 5.97 Å². The predicted octanol–water partition coefficient (Wildman–Crippen LogP) is 3.13. The van der Waals surface area contributed by atoms with Gasteiger partial charge in [-0.05, 0) is 31.2 Å². The Hall–Kier alpha value is -1.70. The van der Waals surface area contributed by atoms with E-state index in [1.807, 2.05) is 0 Å². The van der Waals surface area contributed by atoms with Crippen molar-refractivity contribution in [2.75, 3.05) is 4.72 Å². The maximum atomic E-state index is 12.3. The number of benzene rings is 1. The lowest BCUT2D eigenvalue weighted by atomic mass is 10.4. The summed E-state index contributed by atoms with van der Waals surface area (Å²) in [6.07, 6.45) is 0. The average molecular weight is 349 g/mol. The van der Waals surface area contributed by atoms with Gasteiger partial charge in [0.1, 0.15) is 10.6 Å². The van der Waals surface area contributed by atoms with Crippen molar-refractivity contribution in [2.45, 2.75) is 11.8 Å². The molecule has 1 heterocycles. The molecule has 0 aliphatic carbocycles. The van der Waals surface area contributed by atoms with Gasteiger partial charge in [-0.25, -0.2) is 13.2 Å². The lowest BCUT2D eigenvalue weighted by Crippen LogP contribution is -2.15. The third-order valence-corrected chi connectivity index (χ3v) is 4.68. The summed E-state index contributed by atoms with van der Waals surface area (Å²) in [6, 6.07) is 5.36. The third kappa shape index (κ3) is 3.31. The lowest BCUT2D eigenvalue weighted by molar-refractivity contribution is 0.0692. The number of aryl methyl sites for hydroxylation is 1. The van der Waals surface area contributed by atoms with Gasteiger partial charge in [0, 0.05) is 10.7 Å². The van der Waals surface area contributed by atoms with Gasteiger partial charge < -0.3 is 10.1 Å². The summed E-state index contributed by atoms with van der Waals surface area (Å²) in [4.78, 5) is 13.4. The molecule has 1 aromatic heterocycles. The number of nitrogens with one attached hydrogen (secondary N) is 2. The number of hydrogen-bond acceptors (Lipinski definition) is 3. The van der Waals surface area contributed by atoms with Crippen molar-refractivity contribution in [1.29, 1.82) is 0 Å². The molecule has 0 aliphatic heterocycles. The van der Waals surface area contributed by atoms with Crippen molar-refractivity contribution in [3.05, 3.63) is 45.7 Å². The highest BCUT2D eigenvalue weighted by Gasteiger charge is 2.22. The number of aromatic nitrogens is 1. The summed E-state index contributed by atoms with van der Waals surface area (Å²) < 4.78 is 26.8. The zero-order valence-electron chi connectivity index (χ0n) is 10.6. The monoisotopic (exact) mass is 348 g/mol. The van der Waals surface area contributed by atoms with Gasteiger partial charge in [-0.3, -0.25) is 4.72 Å². The van der Waals surface area contributed by atoms with E-state index in [4.69, 9.17) is 28.3 Å².